The van der Waals surface area contributed by atoms with Crippen LogP contribution in [0.25, 0.3) is 0 Å². The molecule has 0 aromatic heterocycles. The number of halogens is 3. The molecular weight excluding hydrogens is 391 g/mol. The van der Waals surface area contributed by atoms with Gasteiger partial charge in [-0.3, -0.25) is 9.69 Å². The van der Waals surface area contributed by atoms with Crippen LogP contribution in [0.1, 0.15) is 25.7 Å². The minimum Gasteiger partial charge on any atom is -0.475 e. The number of likely N-dealkylation sites (tertiary alicyclic amines) is 1. The van der Waals surface area contributed by atoms with Gasteiger partial charge >= 0.3 is 12.1 Å². The minimum absolute atomic E-state index is 0.0859. The molecule has 1 atom stereocenters. The van der Waals surface area contributed by atoms with Gasteiger partial charge in [-0.05, 0) is 32.2 Å². The first-order chi connectivity index (χ1) is 12.2. The summed E-state index contributed by atoms with van der Waals surface area (Å²) in [6.45, 7) is 2.42. The highest BCUT2D eigenvalue weighted by Crippen LogP contribution is 2.37. The van der Waals surface area contributed by atoms with Gasteiger partial charge in [-0.1, -0.05) is 0 Å². The third-order valence-corrected chi connectivity index (χ3v) is 6.05. The van der Waals surface area contributed by atoms with Gasteiger partial charge in [0, 0.05) is 32.7 Å². The number of sulfonamides is 1. The fraction of sp³-hybridized carbons (Fsp3) is 0.867. The summed E-state index contributed by atoms with van der Waals surface area (Å²) in [7, 11) is 0.371. The molecule has 1 amide bonds. The predicted octanol–water partition coefficient (Wildman–Crippen LogP) is 0.598. The van der Waals surface area contributed by atoms with Crippen LogP contribution in [0.5, 0.6) is 0 Å². The van der Waals surface area contributed by atoms with Gasteiger partial charge in [-0.2, -0.15) is 13.2 Å². The second kappa shape index (κ2) is 8.74. The van der Waals surface area contributed by atoms with Crippen LogP contribution in [0.15, 0.2) is 0 Å². The van der Waals surface area contributed by atoms with Gasteiger partial charge in [-0.15, -0.1) is 0 Å². The molecule has 8 nitrogen and oxygen atoms in total. The zero-order chi connectivity index (χ0) is 21.0. The van der Waals surface area contributed by atoms with E-state index in [1.54, 1.807) is 23.3 Å². The van der Waals surface area contributed by atoms with Crippen molar-refractivity contribution in [3.63, 3.8) is 0 Å². The summed E-state index contributed by atoms with van der Waals surface area (Å²) in [5.74, 6) is -2.67. The zero-order valence-electron chi connectivity index (χ0n) is 15.6. The Balaban J connectivity index is 0.000000445. The van der Waals surface area contributed by atoms with Crippen molar-refractivity contribution < 1.29 is 36.3 Å². The number of hydrogen-bond donors (Lipinski definition) is 1. The van der Waals surface area contributed by atoms with Crippen LogP contribution in [0.2, 0.25) is 0 Å². The van der Waals surface area contributed by atoms with Gasteiger partial charge in [0.2, 0.25) is 15.9 Å². The Kier molecular flexibility index (Phi) is 7.65. The fourth-order valence-electron chi connectivity index (χ4n) is 3.36. The summed E-state index contributed by atoms with van der Waals surface area (Å²) in [5.41, 5.74) is -0.132. The normalized spacial score (nSPS) is 24.4. The summed E-state index contributed by atoms with van der Waals surface area (Å²) in [6, 6.07) is 0. The Bertz CT molecular complexity index is 654. The number of hydrogen-bond acceptors (Lipinski definition) is 5. The standard InChI is InChI=1S/C13H25N3O3S.C2HF3O2/c1-14(2)12(17)10-15-8-4-6-13(15)7-5-9-16(11-13)20(3,18)19;3-2(4,5)1(6)7/h4-11H2,1-3H3;(H,6,7). The lowest BCUT2D eigenvalue weighted by atomic mass is 9.87. The summed E-state index contributed by atoms with van der Waals surface area (Å²) in [5, 5.41) is 7.12. The summed E-state index contributed by atoms with van der Waals surface area (Å²) < 4.78 is 56.9. The molecule has 0 aromatic rings. The van der Waals surface area contributed by atoms with Gasteiger partial charge < -0.3 is 10.0 Å². The van der Waals surface area contributed by atoms with Crippen LogP contribution >= 0.6 is 0 Å². The van der Waals surface area contributed by atoms with Crippen molar-refractivity contribution in [3.05, 3.63) is 0 Å². The quantitative estimate of drug-likeness (QED) is 0.722. The number of piperidine rings is 1. The van der Waals surface area contributed by atoms with Crippen LogP contribution in [-0.4, -0.2) is 97.8 Å². The number of nitrogens with zero attached hydrogens (tertiary/aromatic N) is 3. The highest BCUT2D eigenvalue weighted by Gasteiger charge is 2.46. The van der Waals surface area contributed by atoms with Crippen LogP contribution in [0, 0.1) is 0 Å². The van der Waals surface area contributed by atoms with E-state index in [4.69, 9.17) is 9.90 Å². The Labute approximate surface area is 156 Å². The van der Waals surface area contributed by atoms with E-state index in [0.717, 1.165) is 32.2 Å². The van der Waals surface area contributed by atoms with Gasteiger partial charge in [-0.25, -0.2) is 17.5 Å². The maximum atomic E-state index is 12.0. The SMILES string of the molecule is CN(C)C(=O)CN1CCCC12CCCN(S(C)(=O)=O)C2.O=C(O)C(F)(F)F. The molecule has 158 valence electrons. The zero-order valence-corrected chi connectivity index (χ0v) is 16.4. The number of rotatable bonds is 3. The van der Waals surface area contributed by atoms with Crippen molar-refractivity contribution in [3.8, 4) is 0 Å². The molecule has 0 saturated carbocycles. The molecule has 2 fully saturated rings. The van der Waals surface area contributed by atoms with Crippen LogP contribution in [0.4, 0.5) is 13.2 Å². The smallest absolute Gasteiger partial charge is 0.475 e. The number of carboxylic acids is 1. The summed E-state index contributed by atoms with van der Waals surface area (Å²) in [4.78, 5) is 24.7. The molecule has 0 bridgehead atoms. The van der Waals surface area contributed by atoms with Crippen molar-refractivity contribution in [1.29, 1.82) is 0 Å². The molecular formula is C15H26F3N3O5S. The topological polar surface area (TPSA) is 98.2 Å². The molecule has 2 rings (SSSR count). The number of alkyl halides is 3. The molecule has 1 N–H and O–H groups in total. The van der Waals surface area contributed by atoms with E-state index >= 15 is 0 Å². The molecule has 2 saturated heterocycles. The van der Waals surface area contributed by atoms with Gasteiger partial charge in [0.25, 0.3) is 0 Å². The number of carboxylic acid groups (broad SMARTS) is 1. The largest absolute Gasteiger partial charge is 0.490 e. The monoisotopic (exact) mass is 417 g/mol. The average molecular weight is 417 g/mol. The Morgan fingerprint density at radius 3 is 2.04 bits per heavy atom. The molecule has 0 aliphatic carbocycles. The van der Waals surface area contributed by atoms with Crippen molar-refractivity contribution in [2.75, 3.05) is 46.5 Å². The average Bonchev–Trinajstić information content (AvgIpc) is 2.88. The fourth-order valence-corrected chi connectivity index (χ4v) is 4.30. The highest BCUT2D eigenvalue weighted by atomic mass is 32.2. The lowest BCUT2D eigenvalue weighted by molar-refractivity contribution is -0.192. The van der Waals surface area contributed by atoms with Crippen LogP contribution in [0.3, 0.4) is 0 Å². The number of carbonyl (C=O) groups is 2. The molecule has 2 aliphatic rings. The Hall–Kier alpha value is -1.40. The maximum Gasteiger partial charge on any atom is 0.490 e. The first-order valence-electron chi connectivity index (χ1n) is 8.39. The number of carbonyl (C=O) groups excluding carboxylic acids is 1. The van der Waals surface area contributed by atoms with E-state index in [1.165, 1.54) is 6.26 Å². The lowest BCUT2D eigenvalue weighted by Crippen LogP contribution is -2.58. The van der Waals surface area contributed by atoms with Crippen molar-refractivity contribution in [1.82, 2.24) is 14.1 Å². The second-order valence-electron chi connectivity index (χ2n) is 7.04. The molecule has 0 aromatic carbocycles. The third-order valence-electron chi connectivity index (χ3n) is 4.80. The molecule has 27 heavy (non-hydrogen) atoms. The van der Waals surface area contributed by atoms with Crippen LogP contribution in [-0.2, 0) is 19.6 Å². The molecule has 1 spiro atoms. The van der Waals surface area contributed by atoms with E-state index in [1.807, 2.05) is 0 Å². The van der Waals surface area contributed by atoms with Gasteiger partial charge in [0.1, 0.15) is 0 Å². The molecule has 12 heteroatoms. The van der Waals surface area contributed by atoms with E-state index in [9.17, 15) is 26.4 Å². The van der Waals surface area contributed by atoms with E-state index in [-0.39, 0.29) is 11.4 Å². The van der Waals surface area contributed by atoms with E-state index in [0.29, 0.717) is 19.6 Å². The summed E-state index contributed by atoms with van der Waals surface area (Å²) >= 11 is 0. The van der Waals surface area contributed by atoms with E-state index < -0.39 is 22.2 Å². The van der Waals surface area contributed by atoms with Gasteiger partial charge in [0.15, 0.2) is 0 Å². The first-order valence-corrected chi connectivity index (χ1v) is 10.2. The number of likely N-dealkylation sites (N-methyl/N-ethyl adjacent to an activating group) is 1. The van der Waals surface area contributed by atoms with Crippen LogP contribution < -0.4 is 0 Å². The molecule has 0 radical (unpaired) electrons. The molecule has 1 unspecified atom stereocenters. The number of amides is 1. The molecule has 2 heterocycles. The third kappa shape index (κ3) is 6.61. The van der Waals surface area contributed by atoms with Crippen molar-refractivity contribution in [2.24, 2.45) is 0 Å². The molecule has 2 aliphatic heterocycles. The highest BCUT2D eigenvalue weighted by molar-refractivity contribution is 7.88. The Morgan fingerprint density at radius 1 is 1.15 bits per heavy atom. The van der Waals surface area contributed by atoms with Crippen molar-refractivity contribution in [2.45, 2.75) is 37.4 Å². The predicted molar refractivity (Wildman–Crippen MR) is 91.6 cm³/mol. The summed E-state index contributed by atoms with van der Waals surface area (Å²) in [6.07, 6.45) is 0.0772. The van der Waals surface area contributed by atoms with E-state index in [2.05, 4.69) is 4.90 Å². The first kappa shape index (κ1) is 23.6. The second-order valence-corrected chi connectivity index (χ2v) is 9.02. The lowest BCUT2D eigenvalue weighted by Gasteiger charge is -2.45. The number of aliphatic carboxylic acids is 1. The maximum absolute atomic E-state index is 12.0. The van der Waals surface area contributed by atoms with Gasteiger partial charge in [0.05, 0.1) is 12.8 Å². The Morgan fingerprint density at radius 2 is 1.63 bits per heavy atom. The minimum atomic E-state index is -5.08. The van der Waals surface area contributed by atoms with Crippen molar-refractivity contribution >= 4 is 21.9 Å².